The van der Waals surface area contributed by atoms with E-state index < -0.39 is 0 Å². The van der Waals surface area contributed by atoms with Gasteiger partial charge in [-0.15, -0.1) is 0 Å². The summed E-state index contributed by atoms with van der Waals surface area (Å²) in [5.74, 6) is 4.92. The zero-order chi connectivity index (χ0) is 15.1. The highest BCUT2D eigenvalue weighted by atomic mass is 16.2. The average Bonchev–Trinajstić information content (AvgIpc) is 2.99. The lowest BCUT2D eigenvalue weighted by Crippen LogP contribution is -2.30. The minimum Gasteiger partial charge on any atom is -0.294 e. The van der Waals surface area contributed by atoms with Gasteiger partial charge in [0, 0.05) is 6.42 Å². The zero-order valence-corrected chi connectivity index (χ0v) is 12.4. The number of hydrazine groups is 1. The van der Waals surface area contributed by atoms with Gasteiger partial charge in [-0.05, 0) is 36.0 Å². The van der Waals surface area contributed by atoms with Gasteiger partial charge in [0.05, 0.1) is 11.9 Å². The molecule has 2 aromatic rings. The third-order valence-electron chi connectivity index (χ3n) is 3.56. The number of nitrogens with one attached hydrogen (secondary N) is 2. The third-order valence-corrected chi connectivity index (χ3v) is 3.56. The Bertz CT molecular complexity index is 574. The van der Waals surface area contributed by atoms with Crippen LogP contribution in [0.5, 0.6) is 0 Å². The molecule has 4 N–H and O–H groups in total. The van der Waals surface area contributed by atoms with Gasteiger partial charge in [-0.3, -0.25) is 15.3 Å². The Morgan fingerprint density at radius 2 is 2.05 bits per heavy atom. The number of H-pyrrole nitrogens is 1. The van der Waals surface area contributed by atoms with E-state index in [-0.39, 0.29) is 5.91 Å². The van der Waals surface area contributed by atoms with Crippen LogP contribution in [0.3, 0.4) is 0 Å². The first-order valence-corrected chi connectivity index (χ1v) is 7.35. The highest BCUT2D eigenvalue weighted by Gasteiger charge is 2.09. The van der Waals surface area contributed by atoms with Crippen molar-refractivity contribution in [2.24, 2.45) is 5.84 Å². The summed E-state index contributed by atoms with van der Waals surface area (Å²) in [6, 6.07) is 8.51. The molecule has 0 aliphatic carbocycles. The third kappa shape index (κ3) is 4.16. The average molecular weight is 286 g/mol. The number of aromatic nitrogens is 2. The van der Waals surface area contributed by atoms with E-state index in [9.17, 15) is 4.79 Å². The molecule has 1 aromatic heterocycles. The molecule has 1 amide bonds. The summed E-state index contributed by atoms with van der Waals surface area (Å²) in [4.78, 5) is 11.2. The predicted octanol–water partition coefficient (Wildman–Crippen LogP) is 2.34. The first-order valence-electron chi connectivity index (χ1n) is 7.35. The smallest absolute Gasteiger partial charge is 0.234 e. The molecule has 0 spiro atoms. The first kappa shape index (κ1) is 15.3. The number of hydrogen-bond donors (Lipinski definition) is 3. The summed E-state index contributed by atoms with van der Waals surface area (Å²) in [5.41, 5.74) is 6.59. The van der Waals surface area contributed by atoms with Gasteiger partial charge in [0.25, 0.3) is 0 Å². The maximum atomic E-state index is 11.2. The van der Waals surface area contributed by atoms with Crippen LogP contribution in [0.25, 0.3) is 11.3 Å². The number of aryl methyl sites for hydroxylation is 2. The van der Waals surface area contributed by atoms with Gasteiger partial charge < -0.3 is 0 Å². The van der Waals surface area contributed by atoms with E-state index in [2.05, 4.69) is 46.8 Å². The van der Waals surface area contributed by atoms with Crippen molar-refractivity contribution >= 4 is 5.91 Å². The number of nitrogens with zero attached hydrogens (tertiary/aromatic N) is 1. The number of benzene rings is 1. The molecule has 0 aliphatic rings. The fraction of sp³-hybridized carbons (Fsp3) is 0.375. The van der Waals surface area contributed by atoms with E-state index in [0.29, 0.717) is 12.8 Å². The van der Waals surface area contributed by atoms with Crippen LogP contribution in [0.4, 0.5) is 0 Å². The molecule has 0 aliphatic heterocycles. The number of aromatic amines is 1. The minimum absolute atomic E-state index is 0.169. The Balaban J connectivity index is 2.07. The maximum Gasteiger partial charge on any atom is 0.234 e. The quantitative estimate of drug-likeness (QED) is 0.415. The number of carbonyl (C=O) groups is 1. The maximum absolute atomic E-state index is 11.2. The summed E-state index contributed by atoms with van der Waals surface area (Å²) in [5, 5.41) is 7.10. The Kier molecular flexibility index (Phi) is 5.51. The van der Waals surface area contributed by atoms with E-state index in [1.165, 1.54) is 18.4 Å². The van der Waals surface area contributed by atoms with Crippen molar-refractivity contribution in [2.45, 2.75) is 39.0 Å². The van der Waals surface area contributed by atoms with Gasteiger partial charge in [-0.2, -0.15) is 5.10 Å². The van der Waals surface area contributed by atoms with E-state index in [1.54, 1.807) is 6.20 Å². The second-order valence-electron chi connectivity index (χ2n) is 5.14. The van der Waals surface area contributed by atoms with E-state index in [0.717, 1.165) is 23.2 Å². The molecule has 0 bridgehead atoms. The van der Waals surface area contributed by atoms with E-state index in [1.807, 2.05) is 0 Å². The Labute approximate surface area is 124 Å². The van der Waals surface area contributed by atoms with Crippen molar-refractivity contribution in [3.8, 4) is 11.3 Å². The van der Waals surface area contributed by atoms with Crippen molar-refractivity contribution < 1.29 is 4.79 Å². The number of unbranched alkanes of at least 4 members (excludes halogenated alkanes) is 1. The second-order valence-corrected chi connectivity index (χ2v) is 5.14. The van der Waals surface area contributed by atoms with Crippen LogP contribution in [0.15, 0.2) is 30.5 Å². The first-order chi connectivity index (χ1) is 10.2. The molecule has 0 radical (unpaired) electrons. The summed E-state index contributed by atoms with van der Waals surface area (Å²) < 4.78 is 0. The van der Waals surface area contributed by atoms with Crippen molar-refractivity contribution in [2.75, 3.05) is 0 Å². The fourth-order valence-electron chi connectivity index (χ4n) is 2.29. The molecular weight excluding hydrogens is 264 g/mol. The molecule has 21 heavy (non-hydrogen) atoms. The molecule has 0 unspecified atom stereocenters. The van der Waals surface area contributed by atoms with Crippen LogP contribution in [-0.2, 0) is 17.6 Å². The monoisotopic (exact) mass is 286 g/mol. The molecule has 0 fully saturated rings. The van der Waals surface area contributed by atoms with Crippen molar-refractivity contribution in [1.29, 1.82) is 0 Å². The van der Waals surface area contributed by atoms with E-state index in [4.69, 9.17) is 5.84 Å². The second kappa shape index (κ2) is 7.59. The Hall–Kier alpha value is -2.14. The molecule has 1 heterocycles. The van der Waals surface area contributed by atoms with Gasteiger partial charge in [-0.25, -0.2) is 5.84 Å². The van der Waals surface area contributed by atoms with Crippen LogP contribution in [0.1, 0.15) is 37.3 Å². The van der Waals surface area contributed by atoms with E-state index >= 15 is 0 Å². The molecule has 2 rings (SSSR count). The molecule has 0 saturated carbocycles. The summed E-state index contributed by atoms with van der Waals surface area (Å²) in [6.07, 6.45) is 6.27. The van der Waals surface area contributed by atoms with Crippen LogP contribution in [-0.4, -0.2) is 16.1 Å². The SMILES string of the molecule is CCCCc1ccc(-c2[nH]ncc2CCC(=O)NN)cc1. The van der Waals surface area contributed by atoms with Crippen molar-refractivity contribution in [1.82, 2.24) is 15.6 Å². The van der Waals surface area contributed by atoms with Gasteiger partial charge in [0.15, 0.2) is 0 Å². The lowest BCUT2D eigenvalue weighted by molar-refractivity contribution is -0.121. The lowest BCUT2D eigenvalue weighted by Gasteiger charge is -2.05. The molecule has 112 valence electrons. The Morgan fingerprint density at radius 1 is 1.29 bits per heavy atom. The molecule has 5 nitrogen and oxygen atoms in total. The number of hydrogen-bond acceptors (Lipinski definition) is 3. The normalized spacial score (nSPS) is 10.6. The predicted molar refractivity (Wildman–Crippen MR) is 83.3 cm³/mol. The van der Waals surface area contributed by atoms with Gasteiger partial charge in [-0.1, -0.05) is 37.6 Å². The number of amides is 1. The van der Waals surface area contributed by atoms with Crippen LogP contribution < -0.4 is 11.3 Å². The topological polar surface area (TPSA) is 83.8 Å². The zero-order valence-electron chi connectivity index (χ0n) is 12.4. The van der Waals surface area contributed by atoms with Crippen LogP contribution in [0.2, 0.25) is 0 Å². The molecule has 0 saturated heterocycles. The van der Waals surface area contributed by atoms with Crippen molar-refractivity contribution in [3.63, 3.8) is 0 Å². The van der Waals surface area contributed by atoms with Crippen LogP contribution in [0, 0.1) is 0 Å². The van der Waals surface area contributed by atoms with Crippen LogP contribution >= 0.6 is 0 Å². The molecule has 5 heteroatoms. The summed E-state index contributed by atoms with van der Waals surface area (Å²) >= 11 is 0. The van der Waals surface area contributed by atoms with Gasteiger partial charge in [0.1, 0.15) is 0 Å². The molecular formula is C16H22N4O. The standard InChI is InChI=1S/C16H22N4O/c1-2-3-4-12-5-7-13(8-6-12)16-14(11-18-20-16)9-10-15(21)19-17/h5-8,11H,2-4,9-10,17H2,1H3,(H,18,20)(H,19,21). The summed E-state index contributed by atoms with van der Waals surface area (Å²) in [6.45, 7) is 2.20. The fourth-order valence-corrected chi connectivity index (χ4v) is 2.29. The van der Waals surface area contributed by atoms with Gasteiger partial charge in [0.2, 0.25) is 5.91 Å². The molecule has 1 aromatic carbocycles. The van der Waals surface area contributed by atoms with Gasteiger partial charge >= 0.3 is 0 Å². The largest absolute Gasteiger partial charge is 0.294 e. The number of nitrogens with two attached hydrogens (primary N) is 1. The number of carbonyl (C=O) groups excluding carboxylic acids is 1. The highest BCUT2D eigenvalue weighted by Crippen LogP contribution is 2.23. The minimum atomic E-state index is -0.169. The summed E-state index contributed by atoms with van der Waals surface area (Å²) in [7, 11) is 0. The number of rotatable bonds is 7. The lowest BCUT2D eigenvalue weighted by atomic mass is 10.0. The molecule has 0 atom stereocenters. The highest BCUT2D eigenvalue weighted by molar-refractivity contribution is 5.76. The van der Waals surface area contributed by atoms with Crippen molar-refractivity contribution in [3.05, 3.63) is 41.6 Å². The Morgan fingerprint density at radius 3 is 2.71 bits per heavy atom.